The first-order valence-corrected chi connectivity index (χ1v) is 5.13. The Morgan fingerprint density at radius 2 is 1.93 bits per heavy atom. The highest BCUT2D eigenvalue weighted by molar-refractivity contribution is 5.65. The molecule has 0 saturated heterocycles. The summed E-state index contributed by atoms with van der Waals surface area (Å²) in [6.07, 6.45) is 4.65. The van der Waals surface area contributed by atoms with Crippen LogP contribution in [-0.2, 0) is 9.53 Å². The SMILES string of the molecule is CC1(C)CCCCC1O.COC(C)=O. The molecule has 0 bridgehead atoms. The maximum atomic E-state index is 9.59. The molecule has 1 N–H and O–H groups in total. The largest absolute Gasteiger partial charge is 0.469 e. The Kier molecular flexibility index (Phi) is 5.77. The first kappa shape index (κ1) is 13.4. The molecule has 3 nitrogen and oxygen atoms in total. The fraction of sp³-hybridized carbons (Fsp3) is 0.909. The van der Waals surface area contributed by atoms with Gasteiger partial charge >= 0.3 is 5.97 Å². The Bertz CT molecular complexity index is 175. The van der Waals surface area contributed by atoms with E-state index in [0.717, 1.165) is 6.42 Å². The summed E-state index contributed by atoms with van der Waals surface area (Å²) in [7, 11) is 1.35. The topological polar surface area (TPSA) is 46.5 Å². The predicted octanol–water partition coefficient (Wildman–Crippen LogP) is 2.13. The van der Waals surface area contributed by atoms with Gasteiger partial charge in [-0.15, -0.1) is 0 Å². The lowest BCUT2D eigenvalue weighted by Gasteiger charge is -2.34. The van der Waals surface area contributed by atoms with Crippen molar-refractivity contribution < 1.29 is 14.6 Å². The standard InChI is InChI=1S/C8H16O.C3H6O2/c1-8(2)6-4-3-5-7(8)9;1-3(4)5-2/h7,9H,3-6H2,1-2H3;1-2H3. The van der Waals surface area contributed by atoms with Gasteiger partial charge in [-0.25, -0.2) is 0 Å². The lowest BCUT2D eigenvalue weighted by Crippen LogP contribution is -2.32. The average Bonchev–Trinajstić information content (AvgIpc) is 2.11. The van der Waals surface area contributed by atoms with Crippen LogP contribution in [0.2, 0.25) is 0 Å². The molecule has 3 heteroatoms. The van der Waals surface area contributed by atoms with Crippen molar-refractivity contribution in [2.45, 2.75) is 52.6 Å². The van der Waals surface area contributed by atoms with E-state index in [1.165, 1.54) is 33.3 Å². The third-order valence-corrected chi connectivity index (χ3v) is 2.74. The van der Waals surface area contributed by atoms with Crippen LogP contribution in [0.3, 0.4) is 0 Å². The molecular weight excluding hydrogens is 180 g/mol. The second-order valence-electron chi connectivity index (χ2n) is 4.45. The van der Waals surface area contributed by atoms with Crippen LogP contribution in [0.5, 0.6) is 0 Å². The van der Waals surface area contributed by atoms with Gasteiger partial charge in [-0.05, 0) is 18.3 Å². The number of hydrogen-bond acceptors (Lipinski definition) is 3. The van der Waals surface area contributed by atoms with Crippen molar-refractivity contribution in [3.05, 3.63) is 0 Å². The van der Waals surface area contributed by atoms with E-state index in [4.69, 9.17) is 0 Å². The summed E-state index contributed by atoms with van der Waals surface area (Å²) < 4.78 is 4.11. The fourth-order valence-electron chi connectivity index (χ4n) is 1.48. The van der Waals surface area contributed by atoms with Crippen molar-refractivity contribution in [3.63, 3.8) is 0 Å². The minimum atomic E-state index is -0.245. The molecule has 0 radical (unpaired) electrons. The van der Waals surface area contributed by atoms with Crippen molar-refractivity contribution in [1.82, 2.24) is 0 Å². The molecule has 0 aromatic rings. The zero-order valence-corrected chi connectivity index (χ0v) is 9.67. The molecule has 84 valence electrons. The number of ether oxygens (including phenoxy) is 1. The summed E-state index contributed by atoms with van der Waals surface area (Å²) in [4.78, 5) is 9.59. The molecule has 1 aliphatic rings. The monoisotopic (exact) mass is 202 g/mol. The smallest absolute Gasteiger partial charge is 0.302 e. The van der Waals surface area contributed by atoms with E-state index in [1.54, 1.807) is 0 Å². The lowest BCUT2D eigenvalue weighted by molar-refractivity contribution is -0.137. The van der Waals surface area contributed by atoms with Crippen LogP contribution < -0.4 is 0 Å². The van der Waals surface area contributed by atoms with Gasteiger partial charge in [-0.2, -0.15) is 0 Å². The van der Waals surface area contributed by atoms with Crippen molar-refractivity contribution in [1.29, 1.82) is 0 Å². The first-order valence-electron chi connectivity index (χ1n) is 5.13. The highest BCUT2D eigenvalue weighted by atomic mass is 16.5. The van der Waals surface area contributed by atoms with E-state index in [9.17, 15) is 9.90 Å². The zero-order valence-electron chi connectivity index (χ0n) is 9.67. The van der Waals surface area contributed by atoms with Gasteiger partial charge in [0.2, 0.25) is 0 Å². The molecule has 0 heterocycles. The van der Waals surface area contributed by atoms with Crippen LogP contribution in [0.25, 0.3) is 0 Å². The maximum Gasteiger partial charge on any atom is 0.302 e. The number of hydrogen-bond donors (Lipinski definition) is 1. The number of carbonyl (C=O) groups is 1. The molecule has 0 aromatic carbocycles. The third kappa shape index (κ3) is 5.22. The van der Waals surface area contributed by atoms with Gasteiger partial charge < -0.3 is 9.84 Å². The van der Waals surface area contributed by atoms with Gasteiger partial charge in [0.15, 0.2) is 0 Å². The number of methoxy groups -OCH3 is 1. The van der Waals surface area contributed by atoms with Gasteiger partial charge in [0.25, 0.3) is 0 Å². The summed E-state index contributed by atoms with van der Waals surface area (Å²) in [6, 6.07) is 0. The number of aliphatic hydroxyl groups is 1. The van der Waals surface area contributed by atoms with E-state index in [2.05, 4.69) is 18.6 Å². The Morgan fingerprint density at radius 1 is 1.43 bits per heavy atom. The van der Waals surface area contributed by atoms with Crippen molar-refractivity contribution in [2.24, 2.45) is 5.41 Å². The summed E-state index contributed by atoms with van der Waals surface area (Å²) >= 11 is 0. The van der Waals surface area contributed by atoms with E-state index in [-0.39, 0.29) is 17.5 Å². The second-order valence-corrected chi connectivity index (χ2v) is 4.45. The average molecular weight is 202 g/mol. The van der Waals surface area contributed by atoms with Gasteiger partial charge in [0.1, 0.15) is 0 Å². The van der Waals surface area contributed by atoms with Crippen LogP contribution in [-0.4, -0.2) is 24.3 Å². The number of carbonyl (C=O) groups excluding carboxylic acids is 1. The molecule has 1 fully saturated rings. The van der Waals surface area contributed by atoms with E-state index in [0.29, 0.717) is 0 Å². The molecule has 0 aromatic heterocycles. The Hall–Kier alpha value is -0.570. The summed E-state index contributed by atoms with van der Waals surface area (Å²) in [5, 5.41) is 9.44. The number of rotatable bonds is 0. The molecule has 1 rings (SSSR count). The molecule has 14 heavy (non-hydrogen) atoms. The molecule has 1 unspecified atom stereocenters. The molecular formula is C11H22O3. The minimum absolute atomic E-state index is 0.0498. The molecule has 1 aliphatic carbocycles. The minimum Gasteiger partial charge on any atom is -0.469 e. The highest BCUT2D eigenvalue weighted by Crippen LogP contribution is 2.34. The van der Waals surface area contributed by atoms with Gasteiger partial charge in [-0.1, -0.05) is 26.7 Å². The van der Waals surface area contributed by atoms with E-state index >= 15 is 0 Å². The molecule has 1 atom stereocenters. The predicted molar refractivity (Wildman–Crippen MR) is 55.9 cm³/mol. The summed E-state index contributed by atoms with van der Waals surface area (Å²) in [5.74, 6) is -0.245. The quantitative estimate of drug-likeness (QED) is 0.612. The summed E-state index contributed by atoms with van der Waals surface area (Å²) in [6.45, 7) is 5.66. The van der Waals surface area contributed by atoms with E-state index in [1.807, 2.05) is 0 Å². The van der Waals surface area contributed by atoms with Crippen LogP contribution >= 0.6 is 0 Å². The second kappa shape index (κ2) is 6.02. The van der Waals surface area contributed by atoms with Crippen LogP contribution in [0, 0.1) is 5.41 Å². The van der Waals surface area contributed by atoms with Gasteiger partial charge in [-0.3, -0.25) is 4.79 Å². The normalized spacial score (nSPS) is 24.5. The maximum absolute atomic E-state index is 9.59. The van der Waals surface area contributed by atoms with Crippen LogP contribution in [0.4, 0.5) is 0 Å². The highest BCUT2D eigenvalue weighted by Gasteiger charge is 2.29. The molecule has 1 saturated carbocycles. The number of esters is 1. The number of aliphatic hydroxyl groups excluding tert-OH is 1. The van der Waals surface area contributed by atoms with Crippen LogP contribution in [0.15, 0.2) is 0 Å². The molecule has 0 spiro atoms. The third-order valence-electron chi connectivity index (χ3n) is 2.74. The lowest BCUT2D eigenvalue weighted by atomic mass is 9.75. The molecule has 0 amide bonds. The Balaban J connectivity index is 0.000000292. The van der Waals surface area contributed by atoms with E-state index < -0.39 is 0 Å². The Morgan fingerprint density at radius 3 is 2.14 bits per heavy atom. The summed E-state index contributed by atoms with van der Waals surface area (Å²) in [5.41, 5.74) is 0.193. The van der Waals surface area contributed by atoms with Crippen molar-refractivity contribution >= 4 is 5.97 Å². The molecule has 0 aliphatic heterocycles. The van der Waals surface area contributed by atoms with Crippen LogP contribution in [0.1, 0.15) is 46.5 Å². The van der Waals surface area contributed by atoms with Gasteiger partial charge in [0, 0.05) is 6.92 Å². The first-order chi connectivity index (χ1) is 6.40. The van der Waals surface area contributed by atoms with Gasteiger partial charge in [0.05, 0.1) is 13.2 Å². The van der Waals surface area contributed by atoms with Crippen molar-refractivity contribution in [2.75, 3.05) is 7.11 Å². The zero-order chi connectivity index (χ0) is 11.2. The fourth-order valence-corrected chi connectivity index (χ4v) is 1.48. The van der Waals surface area contributed by atoms with Crippen molar-refractivity contribution in [3.8, 4) is 0 Å². The Labute approximate surface area is 86.5 Å².